The lowest BCUT2D eigenvalue weighted by atomic mass is 10.3. The third-order valence-electron chi connectivity index (χ3n) is 2.34. The zero-order valence-corrected chi connectivity index (χ0v) is 10.7. The van der Waals surface area contributed by atoms with E-state index >= 15 is 0 Å². The molecule has 0 aromatic heterocycles. The second-order valence-electron chi connectivity index (χ2n) is 3.82. The van der Waals surface area contributed by atoms with Gasteiger partial charge in [-0.15, -0.1) is 0 Å². The molecule has 3 nitrogen and oxygen atoms in total. The molecule has 1 aromatic rings. The summed E-state index contributed by atoms with van der Waals surface area (Å²) in [5.41, 5.74) is 0. The van der Waals surface area contributed by atoms with Crippen LogP contribution in [0.1, 0.15) is 20.3 Å². The fourth-order valence-electron chi connectivity index (χ4n) is 1.23. The van der Waals surface area contributed by atoms with Crippen LogP contribution < -0.4 is 5.32 Å². The Bertz CT molecular complexity index is 423. The van der Waals surface area contributed by atoms with Crippen molar-refractivity contribution in [3.8, 4) is 0 Å². The van der Waals surface area contributed by atoms with E-state index < -0.39 is 16.6 Å². The maximum atomic E-state index is 12.9. The third-order valence-corrected chi connectivity index (χ3v) is 3.65. The lowest BCUT2D eigenvalue weighted by Crippen LogP contribution is -2.35. The average Bonchev–Trinajstić information content (AvgIpc) is 2.28. The van der Waals surface area contributed by atoms with Crippen LogP contribution in [0.4, 0.5) is 4.39 Å². The van der Waals surface area contributed by atoms with E-state index in [4.69, 9.17) is 0 Å². The van der Waals surface area contributed by atoms with Gasteiger partial charge < -0.3 is 5.32 Å². The fraction of sp³-hybridized carbons (Fsp3) is 0.417. The first kappa shape index (κ1) is 13.8. The summed E-state index contributed by atoms with van der Waals surface area (Å²) >= 11 is 0. The number of benzene rings is 1. The molecule has 2 atom stereocenters. The second kappa shape index (κ2) is 6.49. The van der Waals surface area contributed by atoms with Crippen molar-refractivity contribution in [3.05, 3.63) is 30.1 Å². The molecule has 0 radical (unpaired) electrons. The first-order chi connectivity index (χ1) is 8.02. The minimum absolute atomic E-state index is 0.0620. The van der Waals surface area contributed by atoms with E-state index in [-0.39, 0.29) is 17.7 Å². The fourth-order valence-corrected chi connectivity index (χ4v) is 2.19. The number of carbonyl (C=O) groups excluding carboxylic acids is 1. The molecule has 0 aliphatic rings. The summed E-state index contributed by atoms with van der Waals surface area (Å²) in [6, 6.07) is 5.56. The van der Waals surface area contributed by atoms with Crippen molar-refractivity contribution in [3.63, 3.8) is 0 Å². The molecule has 0 saturated heterocycles. The van der Waals surface area contributed by atoms with Gasteiger partial charge in [-0.25, -0.2) is 4.39 Å². The highest BCUT2D eigenvalue weighted by atomic mass is 32.2. The smallest absolute Gasteiger partial charge is 0.233 e. The predicted molar refractivity (Wildman–Crippen MR) is 65.6 cm³/mol. The molecule has 1 rings (SSSR count). The van der Waals surface area contributed by atoms with E-state index in [0.29, 0.717) is 4.90 Å². The first-order valence-electron chi connectivity index (χ1n) is 5.46. The molecule has 0 aliphatic carbocycles. The summed E-state index contributed by atoms with van der Waals surface area (Å²) in [5, 5.41) is 2.72. The Morgan fingerprint density at radius 3 is 2.82 bits per heavy atom. The van der Waals surface area contributed by atoms with Gasteiger partial charge >= 0.3 is 0 Å². The maximum Gasteiger partial charge on any atom is 0.233 e. The van der Waals surface area contributed by atoms with Crippen molar-refractivity contribution in [2.75, 3.05) is 5.75 Å². The Balaban J connectivity index is 2.58. The van der Waals surface area contributed by atoms with Crippen molar-refractivity contribution in [1.82, 2.24) is 5.32 Å². The predicted octanol–water partition coefficient (Wildman–Crippen LogP) is 1.85. The van der Waals surface area contributed by atoms with Gasteiger partial charge in [0.1, 0.15) is 11.6 Å². The van der Waals surface area contributed by atoms with Gasteiger partial charge in [0.2, 0.25) is 5.91 Å². The minimum Gasteiger partial charge on any atom is -0.353 e. The molecular weight excluding hydrogens is 241 g/mol. The molecule has 0 heterocycles. The highest BCUT2D eigenvalue weighted by molar-refractivity contribution is 7.85. The Labute approximate surface area is 103 Å². The number of hydrogen-bond acceptors (Lipinski definition) is 2. The average molecular weight is 257 g/mol. The number of hydrogen-bond donors (Lipinski definition) is 1. The minimum atomic E-state index is -1.49. The highest BCUT2D eigenvalue weighted by Gasteiger charge is 2.12. The molecule has 1 aromatic carbocycles. The van der Waals surface area contributed by atoms with E-state index in [1.165, 1.54) is 18.2 Å². The van der Waals surface area contributed by atoms with Crippen molar-refractivity contribution in [2.45, 2.75) is 31.2 Å². The van der Waals surface area contributed by atoms with Crippen LogP contribution in [0.5, 0.6) is 0 Å². The largest absolute Gasteiger partial charge is 0.353 e. The van der Waals surface area contributed by atoms with Crippen LogP contribution in [0.25, 0.3) is 0 Å². The molecule has 17 heavy (non-hydrogen) atoms. The number of amides is 1. The van der Waals surface area contributed by atoms with Gasteiger partial charge in [0.15, 0.2) is 0 Å². The summed E-state index contributed by atoms with van der Waals surface area (Å²) in [5.74, 6) is -0.853. The molecule has 0 aliphatic heterocycles. The Kier molecular flexibility index (Phi) is 5.28. The SMILES string of the molecule is CCC(C)NC(=O)CS(=O)c1cccc(F)c1. The molecule has 94 valence electrons. The van der Waals surface area contributed by atoms with Crippen LogP contribution in [0.15, 0.2) is 29.2 Å². The standard InChI is InChI=1S/C12H16FNO2S/c1-3-9(2)14-12(15)8-17(16)11-6-4-5-10(13)7-11/h4-7,9H,3,8H2,1-2H3,(H,14,15). The summed E-state index contributed by atoms with van der Waals surface area (Å²) < 4.78 is 24.7. The monoisotopic (exact) mass is 257 g/mol. The molecule has 5 heteroatoms. The van der Waals surface area contributed by atoms with Gasteiger partial charge in [0.25, 0.3) is 0 Å². The van der Waals surface area contributed by atoms with Crippen molar-refractivity contribution >= 4 is 16.7 Å². The van der Waals surface area contributed by atoms with E-state index in [9.17, 15) is 13.4 Å². The van der Waals surface area contributed by atoms with Crippen LogP contribution in [0, 0.1) is 5.82 Å². The number of carbonyl (C=O) groups is 1. The molecule has 0 fully saturated rings. The van der Waals surface area contributed by atoms with Crippen molar-refractivity contribution in [1.29, 1.82) is 0 Å². The molecule has 1 N–H and O–H groups in total. The van der Waals surface area contributed by atoms with Crippen LogP contribution in [-0.4, -0.2) is 21.9 Å². The normalized spacial score (nSPS) is 14.1. The molecule has 0 bridgehead atoms. The number of halogens is 1. The first-order valence-corrected chi connectivity index (χ1v) is 6.78. The van der Waals surface area contributed by atoms with Crippen LogP contribution in [0.3, 0.4) is 0 Å². The Hall–Kier alpha value is -1.23. The second-order valence-corrected chi connectivity index (χ2v) is 5.28. The van der Waals surface area contributed by atoms with E-state index in [1.54, 1.807) is 6.07 Å². The van der Waals surface area contributed by atoms with Crippen LogP contribution in [-0.2, 0) is 15.6 Å². The Morgan fingerprint density at radius 1 is 1.53 bits per heavy atom. The highest BCUT2D eigenvalue weighted by Crippen LogP contribution is 2.08. The van der Waals surface area contributed by atoms with Gasteiger partial charge in [0.05, 0.1) is 10.8 Å². The molecule has 0 saturated carbocycles. The van der Waals surface area contributed by atoms with E-state index in [2.05, 4.69) is 5.32 Å². The molecule has 0 spiro atoms. The zero-order chi connectivity index (χ0) is 12.8. The lowest BCUT2D eigenvalue weighted by molar-refractivity contribution is -0.119. The lowest BCUT2D eigenvalue weighted by Gasteiger charge is -2.10. The van der Waals surface area contributed by atoms with Crippen LogP contribution in [0.2, 0.25) is 0 Å². The summed E-state index contributed by atoms with van der Waals surface area (Å²) in [4.78, 5) is 11.8. The summed E-state index contributed by atoms with van der Waals surface area (Å²) in [6.45, 7) is 3.83. The molecule has 2 unspecified atom stereocenters. The van der Waals surface area contributed by atoms with Crippen molar-refractivity contribution in [2.24, 2.45) is 0 Å². The van der Waals surface area contributed by atoms with Crippen molar-refractivity contribution < 1.29 is 13.4 Å². The van der Waals surface area contributed by atoms with Crippen LogP contribution >= 0.6 is 0 Å². The molecular formula is C12H16FNO2S. The number of nitrogens with one attached hydrogen (secondary N) is 1. The summed E-state index contributed by atoms with van der Waals surface area (Å²) in [7, 11) is -1.49. The Morgan fingerprint density at radius 2 is 2.24 bits per heavy atom. The zero-order valence-electron chi connectivity index (χ0n) is 9.90. The maximum absolute atomic E-state index is 12.9. The van der Waals surface area contributed by atoms with Gasteiger partial charge in [0, 0.05) is 10.9 Å². The van der Waals surface area contributed by atoms with Gasteiger partial charge in [-0.2, -0.15) is 0 Å². The van der Waals surface area contributed by atoms with Gasteiger partial charge in [-0.05, 0) is 31.5 Å². The third kappa shape index (κ3) is 4.65. The topological polar surface area (TPSA) is 46.2 Å². The summed E-state index contributed by atoms with van der Waals surface area (Å²) in [6.07, 6.45) is 0.818. The van der Waals surface area contributed by atoms with Gasteiger partial charge in [-0.3, -0.25) is 9.00 Å². The number of rotatable bonds is 5. The van der Waals surface area contributed by atoms with E-state index in [0.717, 1.165) is 6.42 Å². The van der Waals surface area contributed by atoms with Gasteiger partial charge in [-0.1, -0.05) is 13.0 Å². The van der Waals surface area contributed by atoms with E-state index in [1.807, 2.05) is 13.8 Å². The molecule has 1 amide bonds. The quantitative estimate of drug-likeness (QED) is 0.875.